The summed E-state index contributed by atoms with van der Waals surface area (Å²) in [6.45, 7) is 3.37. The third-order valence-electron chi connectivity index (χ3n) is 3.89. The van der Waals surface area contributed by atoms with Gasteiger partial charge in [0.1, 0.15) is 5.82 Å². The van der Waals surface area contributed by atoms with Crippen molar-refractivity contribution in [3.05, 3.63) is 29.6 Å². The summed E-state index contributed by atoms with van der Waals surface area (Å²) in [7, 11) is 0. The maximum absolute atomic E-state index is 13.4. The van der Waals surface area contributed by atoms with Gasteiger partial charge in [-0.15, -0.1) is 0 Å². The fourth-order valence-electron chi connectivity index (χ4n) is 2.66. The summed E-state index contributed by atoms with van der Waals surface area (Å²) in [6.07, 6.45) is 1.68. The predicted octanol–water partition coefficient (Wildman–Crippen LogP) is -0.147. The number of likely N-dealkylation sites (tertiary alicyclic amines) is 1. The van der Waals surface area contributed by atoms with Crippen molar-refractivity contribution in [2.45, 2.75) is 19.8 Å². The first-order valence-corrected chi connectivity index (χ1v) is 7.14. The smallest absolute Gasteiger partial charge is 0.279 e. The summed E-state index contributed by atoms with van der Waals surface area (Å²) >= 11 is 0. The fraction of sp³-hybridized carbons (Fsp3) is 0.467. The molecule has 6 heteroatoms. The monoisotopic (exact) mass is 294 g/mol. The average molecular weight is 294 g/mol. The first-order chi connectivity index (χ1) is 9.95. The lowest BCUT2D eigenvalue weighted by Gasteiger charge is -2.27. The minimum absolute atomic E-state index is 0.154. The molecule has 1 aromatic rings. The van der Waals surface area contributed by atoms with Gasteiger partial charge < -0.3 is 16.0 Å². The highest BCUT2D eigenvalue weighted by Crippen LogP contribution is 2.13. The molecule has 1 saturated heterocycles. The predicted molar refractivity (Wildman–Crippen MR) is 77.2 cm³/mol. The lowest BCUT2D eigenvalue weighted by molar-refractivity contribution is -0.899. The third kappa shape index (κ3) is 4.26. The Hall–Kier alpha value is -1.95. The van der Waals surface area contributed by atoms with E-state index in [9.17, 15) is 14.0 Å². The number of halogens is 1. The second-order valence-electron chi connectivity index (χ2n) is 5.63. The number of anilines is 1. The molecule has 21 heavy (non-hydrogen) atoms. The molecule has 1 heterocycles. The van der Waals surface area contributed by atoms with Crippen LogP contribution in [-0.4, -0.2) is 31.4 Å². The van der Waals surface area contributed by atoms with Crippen LogP contribution >= 0.6 is 0 Å². The Morgan fingerprint density at radius 1 is 1.48 bits per heavy atom. The van der Waals surface area contributed by atoms with Crippen LogP contribution in [0.25, 0.3) is 0 Å². The summed E-state index contributed by atoms with van der Waals surface area (Å²) in [4.78, 5) is 24.2. The molecule has 0 bridgehead atoms. The van der Waals surface area contributed by atoms with E-state index in [2.05, 4.69) is 5.32 Å². The topological polar surface area (TPSA) is 76.6 Å². The van der Waals surface area contributed by atoms with E-state index in [0.29, 0.717) is 17.8 Å². The van der Waals surface area contributed by atoms with Gasteiger partial charge in [-0.05, 0) is 37.5 Å². The van der Waals surface area contributed by atoms with E-state index in [0.717, 1.165) is 24.3 Å². The van der Waals surface area contributed by atoms with Crippen LogP contribution in [0, 0.1) is 18.7 Å². The maximum atomic E-state index is 13.4. The summed E-state index contributed by atoms with van der Waals surface area (Å²) < 4.78 is 13.4. The summed E-state index contributed by atoms with van der Waals surface area (Å²) in [5.41, 5.74) is 6.31. The van der Waals surface area contributed by atoms with Crippen LogP contribution in [0.5, 0.6) is 0 Å². The zero-order valence-corrected chi connectivity index (χ0v) is 12.1. The molecule has 0 radical (unpaired) electrons. The van der Waals surface area contributed by atoms with Gasteiger partial charge in [0.05, 0.1) is 19.0 Å². The molecule has 0 saturated carbocycles. The highest BCUT2D eigenvalue weighted by molar-refractivity contribution is 5.91. The van der Waals surface area contributed by atoms with E-state index in [1.54, 1.807) is 19.1 Å². The number of carbonyl (C=O) groups is 2. The SMILES string of the molecule is Cc1ccc(NC(=O)C[NH+]2CCC[C@H](C(N)=O)C2)cc1F. The fourth-order valence-corrected chi connectivity index (χ4v) is 2.66. The standard InChI is InChI=1S/C15H20FN3O2/c1-10-4-5-12(7-13(10)16)18-14(20)9-19-6-2-3-11(8-19)15(17)21/h4-5,7,11H,2-3,6,8-9H2,1H3,(H2,17,21)(H,18,20)/p+1/t11-/m0/s1. The van der Waals surface area contributed by atoms with Crippen LogP contribution in [-0.2, 0) is 9.59 Å². The summed E-state index contributed by atoms with van der Waals surface area (Å²) in [5.74, 6) is -0.975. The number of nitrogens with one attached hydrogen (secondary N) is 2. The van der Waals surface area contributed by atoms with E-state index in [1.807, 2.05) is 0 Å². The largest absolute Gasteiger partial charge is 0.369 e. The van der Waals surface area contributed by atoms with Crippen LogP contribution in [0.3, 0.4) is 0 Å². The van der Waals surface area contributed by atoms with Gasteiger partial charge in [0.25, 0.3) is 5.91 Å². The van der Waals surface area contributed by atoms with Crippen molar-refractivity contribution in [3.8, 4) is 0 Å². The van der Waals surface area contributed by atoms with Gasteiger partial charge in [0, 0.05) is 5.69 Å². The second kappa shape index (κ2) is 6.67. The zero-order valence-electron chi connectivity index (χ0n) is 12.1. The minimum Gasteiger partial charge on any atom is -0.369 e. The van der Waals surface area contributed by atoms with E-state index in [-0.39, 0.29) is 30.1 Å². The number of primary amides is 1. The van der Waals surface area contributed by atoms with Crippen LogP contribution in [0.15, 0.2) is 18.2 Å². The molecule has 5 nitrogen and oxygen atoms in total. The molecule has 1 aromatic carbocycles. The first kappa shape index (κ1) is 15.4. The molecular weight excluding hydrogens is 273 g/mol. The quantitative estimate of drug-likeness (QED) is 0.722. The highest BCUT2D eigenvalue weighted by Gasteiger charge is 2.28. The van der Waals surface area contributed by atoms with E-state index in [4.69, 9.17) is 5.73 Å². The van der Waals surface area contributed by atoms with Crippen LogP contribution < -0.4 is 16.0 Å². The van der Waals surface area contributed by atoms with Crippen LogP contribution in [0.4, 0.5) is 10.1 Å². The van der Waals surface area contributed by atoms with Crippen molar-refractivity contribution in [2.24, 2.45) is 11.7 Å². The number of benzene rings is 1. The Labute approximate surface area is 123 Å². The molecule has 2 amide bonds. The van der Waals surface area contributed by atoms with Gasteiger partial charge in [-0.3, -0.25) is 9.59 Å². The van der Waals surface area contributed by atoms with E-state index in [1.165, 1.54) is 6.07 Å². The molecule has 0 aromatic heterocycles. The van der Waals surface area contributed by atoms with Crippen molar-refractivity contribution in [3.63, 3.8) is 0 Å². The molecule has 1 aliphatic heterocycles. The highest BCUT2D eigenvalue weighted by atomic mass is 19.1. The normalized spacial score (nSPS) is 21.8. The van der Waals surface area contributed by atoms with Crippen molar-refractivity contribution >= 4 is 17.5 Å². The van der Waals surface area contributed by atoms with Gasteiger partial charge in [-0.2, -0.15) is 0 Å². The minimum atomic E-state index is -0.341. The van der Waals surface area contributed by atoms with Gasteiger partial charge in [-0.1, -0.05) is 6.07 Å². The summed E-state index contributed by atoms with van der Waals surface area (Å²) in [5, 5.41) is 2.69. The number of hydrogen-bond acceptors (Lipinski definition) is 2. The molecule has 1 fully saturated rings. The van der Waals surface area contributed by atoms with E-state index < -0.39 is 0 Å². The number of amides is 2. The molecule has 0 aliphatic carbocycles. The third-order valence-corrected chi connectivity index (χ3v) is 3.89. The second-order valence-corrected chi connectivity index (χ2v) is 5.63. The van der Waals surface area contributed by atoms with Gasteiger partial charge in [-0.25, -0.2) is 4.39 Å². The number of aryl methyl sites for hydroxylation is 1. The lowest BCUT2D eigenvalue weighted by Crippen LogP contribution is -3.14. The molecule has 1 aliphatic rings. The molecule has 2 atom stereocenters. The Bertz CT molecular complexity index is 548. The van der Waals surface area contributed by atoms with Gasteiger partial charge in [0.2, 0.25) is 5.91 Å². The molecule has 0 spiro atoms. The zero-order chi connectivity index (χ0) is 15.4. The lowest BCUT2D eigenvalue weighted by atomic mass is 9.97. The Balaban J connectivity index is 1.89. The van der Waals surface area contributed by atoms with E-state index >= 15 is 0 Å². The van der Waals surface area contributed by atoms with Crippen molar-refractivity contribution in [1.82, 2.24) is 0 Å². The number of quaternary nitrogens is 1. The molecule has 1 unspecified atom stereocenters. The average Bonchev–Trinajstić information content (AvgIpc) is 2.43. The van der Waals surface area contributed by atoms with Crippen molar-refractivity contribution in [1.29, 1.82) is 0 Å². The number of carbonyl (C=O) groups excluding carboxylic acids is 2. The maximum Gasteiger partial charge on any atom is 0.279 e. The number of nitrogens with two attached hydrogens (primary N) is 1. The number of piperidine rings is 1. The van der Waals surface area contributed by atoms with Crippen molar-refractivity contribution < 1.29 is 18.9 Å². The Morgan fingerprint density at radius 2 is 2.24 bits per heavy atom. The van der Waals surface area contributed by atoms with Gasteiger partial charge in [0.15, 0.2) is 6.54 Å². The van der Waals surface area contributed by atoms with Crippen LogP contribution in [0.2, 0.25) is 0 Å². The number of rotatable bonds is 4. The van der Waals surface area contributed by atoms with Gasteiger partial charge >= 0.3 is 0 Å². The summed E-state index contributed by atoms with van der Waals surface area (Å²) in [6, 6.07) is 4.61. The first-order valence-electron chi connectivity index (χ1n) is 7.14. The number of hydrogen-bond donors (Lipinski definition) is 3. The molecular formula is C15H21FN3O2+. The molecule has 4 N–H and O–H groups in total. The molecule has 114 valence electrons. The van der Waals surface area contributed by atoms with Crippen LogP contribution in [0.1, 0.15) is 18.4 Å². The Morgan fingerprint density at radius 3 is 2.90 bits per heavy atom. The molecule has 2 rings (SSSR count). The Kier molecular flexibility index (Phi) is 4.90. The van der Waals surface area contributed by atoms with Crippen molar-refractivity contribution in [2.75, 3.05) is 25.0 Å².